The Bertz CT molecular complexity index is 602. The van der Waals surface area contributed by atoms with Crippen molar-refractivity contribution in [2.45, 2.75) is 72.6 Å². The Morgan fingerprint density at radius 1 is 1.12 bits per heavy atom. The summed E-state index contributed by atoms with van der Waals surface area (Å²) in [6, 6.07) is 0. The number of allylic oxidation sites excluding steroid dienone is 7. The SMILES string of the molecule is CC1=C(C=CC2CCCCC2/C=C/C(C)=C/C(=O)O)C(C)(C)CCC1. The number of carbonyl (C=O) groups is 1. The molecule has 0 amide bonds. The summed E-state index contributed by atoms with van der Waals surface area (Å²) >= 11 is 0. The van der Waals surface area contributed by atoms with E-state index in [0.29, 0.717) is 17.3 Å². The molecule has 1 saturated carbocycles. The maximum atomic E-state index is 10.8. The Labute approximate surface area is 153 Å². The topological polar surface area (TPSA) is 37.3 Å². The van der Waals surface area contributed by atoms with Crippen LogP contribution in [0.15, 0.2) is 47.1 Å². The quantitative estimate of drug-likeness (QED) is 0.459. The van der Waals surface area contributed by atoms with Crippen LogP contribution in [0.4, 0.5) is 0 Å². The zero-order chi connectivity index (χ0) is 18.4. The minimum Gasteiger partial charge on any atom is -0.478 e. The zero-order valence-corrected chi connectivity index (χ0v) is 16.3. The minimum atomic E-state index is -0.871. The molecule has 2 rings (SSSR count). The first-order valence-corrected chi connectivity index (χ1v) is 9.77. The molecule has 2 unspecified atom stereocenters. The van der Waals surface area contributed by atoms with Gasteiger partial charge in [-0.05, 0) is 74.3 Å². The van der Waals surface area contributed by atoms with Gasteiger partial charge in [-0.2, -0.15) is 0 Å². The van der Waals surface area contributed by atoms with E-state index < -0.39 is 5.97 Å². The van der Waals surface area contributed by atoms with Crippen molar-refractivity contribution in [2.75, 3.05) is 0 Å². The first-order chi connectivity index (χ1) is 11.8. The summed E-state index contributed by atoms with van der Waals surface area (Å²) in [6.45, 7) is 8.89. The molecule has 0 aliphatic heterocycles. The standard InChI is InChI=1S/C23H34O2/c1-17(16-22(24)25)11-12-19-9-5-6-10-20(19)13-14-21-18(2)8-7-15-23(21,3)4/h11-14,16,19-20H,5-10,15H2,1-4H3,(H,24,25)/b12-11+,14-13?,17-16+. The maximum absolute atomic E-state index is 10.8. The van der Waals surface area contributed by atoms with Gasteiger partial charge >= 0.3 is 5.97 Å². The Morgan fingerprint density at radius 3 is 2.36 bits per heavy atom. The van der Waals surface area contributed by atoms with Gasteiger partial charge in [0.1, 0.15) is 0 Å². The first-order valence-electron chi connectivity index (χ1n) is 9.77. The number of rotatable bonds is 5. The highest BCUT2D eigenvalue weighted by Gasteiger charge is 2.27. The van der Waals surface area contributed by atoms with E-state index in [1.165, 1.54) is 56.6 Å². The summed E-state index contributed by atoms with van der Waals surface area (Å²) in [6.07, 6.45) is 19.2. The molecule has 0 aromatic carbocycles. The van der Waals surface area contributed by atoms with E-state index >= 15 is 0 Å². The van der Waals surface area contributed by atoms with Crippen LogP contribution in [0.5, 0.6) is 0 Å². The van der Waals surface area contributed by atoms with Crippen LogP contribution in [0.3, 0.4) is 0 Å². The zero-order valence-electron chi connectivity index (χ0n) is 16.3. The second kappa shape index (κ2) is 8.69. The van der Waals surface area contributed by atoms with Crippen molar-refractivity contribution < 1.29 is 9.90 Å². The largest absolute Gasteiger partial charge is 0.478 e. The Kier molecular flexibility index (Phi) is 6.87. The highest BCUT2D eigenvalue weighted by Crippen LogP contribution is 2.41. The second-order valence-electron chi connectivity index (χ2n) is 8.49. The van der Waals surface area contributed by atoms with E-state index in [0.717, 1.165) is 5.57 Å². The molecule has 0 spiro atoms. The molecule has 1 N–H and O–H groups in total. The number of carboxylic acid groups (broad SMARTS) is 1. The lowest BCUT2D eigenvalue weighted by molar-refractivity contribution is -0.131. The molecule has 2 aliphatic carbocycles. The molecule has 0 radical (unpaired) electrons. The van der Waals surface area contributed by atoms with Crippen molar-refractivity contribution in [3.63, 3.8) is 0 Å². The summed E-state index contributed by atoms with van der Waals surface area (Å²) in [5, 5.41) is 8.85. The summed E-state index contributed by atoms with van der Waals surface area (Å²) in [5.74, 6) is 0.222. The molecule has 0 aromatic rings. The fourth-order valence-electron chi connectivity index (χ4n) is 4.41. The van der Waals surface area contributed by atoms with Gasteiger partial charge in [0.2, 0.25) is 0 Å². The Morgan fingerprint density at radius 2 is 1.76 bits per heavy atom. The smallest absolute Gasteiger partial charge is 0.328 e. The molecule has 0 bridgehead atoms. The molecule has 25 heavy (non-hydrogen) atoms. The number of hydrogen-bond donors (Lipinski definition) is 1. The number of hydrogen-bond acceptors (Lipinski definition) is 1. The van der Waals surface area contributed by atoms with Gasteiger partial charge in [-0.15, -0.1) is 0 Å². The average molecular weight is 343 g/mol. The van der Waals surface area contributed by atoms with E-state index in [-0.39, 0.29) is 0 Å². The summed E-state index contributed by atoms with van der Waals surface area (Å²) < 4.78 is 0. The van der Waals surface area contributed by atoms with Crippen molar-refractivity contribution in [1.82, 2.24) is 0 Å². The van der Waals surface area contributed by atoms with Crippen molar-refractivity contribution >= 4 is 5.97 Å². The van der Waals surface area contributed by atoms with E-state index in [1.54, 1.807) is 5.57 Å². The van der Waals surface area contributed by atoms with Crippen LogP contribution in [0.1, 0.15) is 72.6 Å². The first kappa shape index (κ1) is 19.8. The third-order valence-electron chi connectivity index (χ3n) is 5.88. The van der Waals surface area contributed by atoms with Crippen LogP contribution >= 0.6 is 0 Å². The lowest BCUT2D eigenvalue weighted by atomic mass is 9.71. The van der Waals surface area contributed by atoms with E-state index in [2.05, 4.69) is 39.0 Å². The van der Waals surface area contributed by atoms with E-state index in [1.807, 2.05) is 13.0 Å². The normalized spacial score (nSPS) is 28.1. The van der Waals surface area contributed by atoms with Crippen LogP contribution in [0.25, 0.3) is 0 Å². The van der Waals surface area contributed by atoms with Gasteiger partial charge in [-0.3, -0.25) is 0 Å². The van der Waals surface area contributed by atoms with Crippen molar-refractivity contribution in [3.05, 3.63) is 47.1 Å². The van der Waals surface area contributed by atoms with E-state index in [4.69, 9.17) is 5.11 Å². The van der Waals surface area contributed by atoms with Gasteiger partial charge in [0.05, 0.1) is 0 Å². The maximum Gasteiger partial charge on any atom is 0.328 e. The molecule has 2 nitrogen and oxygen atoms in total. The van der Waals surface area contributed by atoms with E-state index in [9.17, 15) is 4.79 Å². The molecule has 1 fully saturated rings. The molecule has 2 aliphatic rings. The predicted octanol–water partition coefficient (Wildman–Crippen LogP) is 6.46. The Balaban J connectivity index is 2.13. The molecule has 138 valence electrons. The summed E-state index contributed by atoms with van der Waals surface area (Å²) in [5.41, 5.74) is 4.19. The molecule has 2 heteroatoms. The lowest BCUT2D eigenvalue weighted by Gasteiger charge is -2.34. The van der Waals surface area contributed by atoms with Gasteiger partial charge in [0.25, 0.3) is 0 Å². The summed E-state index contributed by atoms with van der Waals surface area (Å²) in [7, 11) is 0. The predicted molar refractivity (Wildman–Crippen MR) is 105 cm³/mol. The van der Waals surface area contributed by atoms with Crippen molar-refractivity contribution in [1.29, 1.82) is 0 Å². The molecule has 0 saturated heterocycles. The highest BCUT2D eigenvalue weighted by molar-refractivity contribution is 5.81. The highest BCUT2D eigenvalue weighted by atomic mass is 16.4. The Hall–Kier alpha value is -1.57. The van der Waals surface area contributed by atoms with Gasteiger partial charge in [0, 0.05) is 6.08 Å². The van der Waals surface area contributed by atoms with Crippen LogP contribution in [0.2, 0.25) is 0 Å². The fourth-order valence-corrected chi connectivity index (χ4v) is 4.41. The number of carboxylic acids is 1. The van der Waals surface area contributed by atoms with Gasteiger partial charge in [0.15, 0.2) is 0 Å². The monoisotopic (exact) mass is 342 g/mol. The molecule has 0 heterocycles. The molecular formula is C23H34O2. The molecule has 2 atom stereocenters. The summed E-state index contributed by atoms with van der Waals surface area (Å²) in [4.78, 5) is 10.8. The molecule has 0 aromatic heterocycles. The van der Waals surface area contributed by atoms with Crippen LogP contribution < -0.4 is 0 Å². The lowest BCUT2D eigenvalue weighted by Crippen LogP contribution is -2.20. The van der Waals surface area contributed by atoms with Crippen molar-refractivity contribution in [3.8, 4) is 0 Å². The van der Waals surface area contributed by atoms with Crippen LogP contribution in [0, 0.1) is 17.3 Å². The molecular weight excluding hydrogens is 308 g/mol. The van der Waals surface area contributed by atoms with Gasteiger partial charge < -0.3 is 5.11 Å². The minimum absolute atomic E-state index is 0.291. The van der Waals surface area contributed by atoms with Crippen molar-refractivity contribution in [2.24, 2.45) is 17.3 Å². The third-order valence-corrected chi connectivity index (χ3v) is 5.88. The van der Waals surface area contributed by atoms with Crippen LogP contribution in [-0.2, 0) is 4.79 Å². The van der Waals surface area contributed by atoms with Gasteiger partial charge in [-0.1, -0.05) is 56.6 Å². The fraction of sp³-hybridized carbons (Fsp3) is 0.609. The third kappa shape index (κ3) is 5.73. The van der Waals surface area contributed by atoms with Gasteiger partial charge in [-0.25, -0.2) is 4.79 Å². The second-order valence-corrected chi connectivity index (χ2v) is 8.49. The van der Waals surface area contributed by atoms with Crippen LogP contribution in [-0.4, -0.2) is 11.1 Å². The average Bonchev–Trinajstić information content (AvgIpc) is 2.52. The number of aliphatic carboxylic acids is 1.